The van der Waals surface area contributed by atoms with E-state index < -0.39 is 0 Å². The highest BCUT2D eigenvalue weighted by atomic mass is 32.1. The molecule has 152 valence electrons. The third-order valence-electron chi connectivity index (χ3n) is 5.16. The Balaban J connectivity index is 1.71. The fraction of sp³-hybridized carbons (Fsp3) is 0.391. The second kappa shape index (κ2) is 8.51. The SMILES string of the molecule is CCOc1ccc2nc(N(CC3CCCO3)C(=O)c3ccc(C)cc3C)sc2c1. The molecule has 4 rings (SSSR count). The number of hydrogen-bond acceptors (Lipinski definition) is 5. The Kier molecular flexibility index (Phi) is 5.83. The topological polar surface area (TPSA) is 51.7 Å². The molecule has 1 aromatic heterocycles. The lowest BCUT2D eigenvalue weighted by Crippen LogP contribution is -2.37. The van der Waals surface area contributed by atoms with E-state index in [9.17, 15) is 4.79 Å². The van der Waals surface area contributed by atoms with Crippen molar-refractivity contribution in [2.24, 2.45) is 0 Å². The van der Waals surface area contributed by atoms with Gasteiger partial charge in [0.1, 0.15) is 5.75 Å². The number of nitrogens with zero attached hydrogens (tertiary/aromatic N) is 2. The second-order valence-corrected chi connectivity index (χ2v) is 8.44. The predicted octanol–water partition coefficient (Wildman–Crippen LogP) is 5.14. The van der Waals surface area contributed by atoms with Gasteiger partial charge in [-0.1, -0.05) is 29.0 Å². The van der Waals surface area contributed by atoms with E-state index in [0.29, 0.717) is 23.8 Å². The smallest absolute Gasteiger partial charge is 0.260 e. The van der Waals surface area contributed by atoms with Gasteiger partial charge in [-0.05, 0) is 63.4 Å². The van der Waals surface area contributed by atoms with Gasteiger partial charge in [0.05, 0.1) is 29.5 Å². The zero-order chi connectivity index (χ0) is 20.4. The van der Waals surface area contributed by atoms with Crippen LogP contribution in [0, 0.1) is 13.8 Å². The van der Waals surface area contributed by atoms with Gasteiger partial charge in [0.25, 0.3) is 5.91 Å². The molecule has 0 spiro atoms. The number of thiazole rings is 1. The van der Waals surface area contributed by atoms with Crippen LogP contribution in [0.25, 0.3) is 10.2 Å². The molecule has 1 aliphatic heterocycles. The first-order valence-corrected chi connectivity index (χ1v) is 10.9. The van der Waals surface area contributed by atoms with E-state index in [4.69, 9.17) is 14.5 Å². The Morgan fingerprint density at radius 2 is 2.14 bits per heavy atom. The Hall–Kier alpha value is -2.44. The number of anilines is 1. The van der Waals surface area contributed by atoms with Crippen LogP contribution in [-0.4, -0.2) is 36.8 Å². The first-order valence-electron chi connectivity index (χ1n) is 10.1. The van der Waals surface area contributed by atoms with E-state index in [-0.39, 0.29) is 12.0 Å². The van der Waals surface area contributed by atoms with Gasteiger partial charge in [-0.2, -0.15) is 0 Å². The Morgan fingerprint density at radius 1 is 1.28 bits per heavy atom. The molecule has 0 N–H and O–H groups in total. The summed E-state index contributed by atoms with van der Waals surface area (Å²) < 4.78 is 12.5. The van der Waals surface area contributed by atoms with Gasteiger partial charge >= 0.3 is 0 Å². The minimum Gasteiger partial charge on any atom is -0.494 e. The number of ether oxygens (including phenoxy) is 2. The standard InChI is InChI=1S/C23H26N2O3S/c1-4-27-17-8-10-20-21(13-17)29-23(24-20)25(14-18-6-5-11-28-18)22(26)19-9-7-15(2)12-16(19)3/h7-10,12-13,18H,4-6,11,14H2,1-3H3. The third kappa shape index (κ3) is 4.28. The van der Waals surface area contributed by atoms with Crippen molar-refractivity contribution in [3.8, 4) is 5.75 Å². The molecule has 0 bridgehead atoms. The van der Waals surface area contributed by atoms with Crippen LogP contribution in [0.1, 0.15) is 41.3 Å². The summed E-state index contributed by atoms with van der Waals surface area (Å²) in [6.45, 7) is 7.88. The summed E-state index contributed by atoms with van der Waals surface area (Å²) in [4.78, 5) is 20.1. The maximum Gasteiger partial charge on any atom is 0.260 e. The summed E-state index contributed by atoms with van der Waals surface area (Å²) in [6, 6.07) is 11.8. The van der Waals surface area contributed by atoms with Crippen LogP contribution in [-0.2, 0) is 4.74 Å². The number of benzene rings is 2. The number of aromatic nitrogens is 1. The monoisotopic (exact) mass is 410 g/mol. The lowest BCUT2D eigenvalue weighted by atomic mass is 10.0. The number of fused-ring (bicyclic) bond motifs is 1. The molecule has 1 saturated heterocycles. The van der Waals surface area contributed by atoms with Gasteiger partial charge in [0.15, 0.2) is 5.13 Å². The molecular formula is C23H26N2O3S. The van der Waals surface area contributed by atoms with E-state index in [2.05, 4.69) is 0 Å². The normalized spacial score (nSPS) is 16.3. The van der Waals surface area contributed by atoms with Crippen molar-refractivity contribution in [3.05, 3.63) is 53.1 Å². The van der Waals surface area contributed by atoms with Gasteiger partial charge in [0, 0.05) is 12.2 Å². The van der Waals surface area contributed by atoms with Gasteiger partial charge < -0.3 is 9.47 Å². The van der Waals surface area contributed by atoms with Gasteiger partial charge in [-0.3, -0.25) is 9.69 Å². The molecule has 0 radical (unpaired) electrons. The first-order chi connectivity index (χ1) is 14.0. The van der Waals surface area contributed by atoms with Crippen molar-refractivity contribution >= 4 is 32.6 Å². The van der Waals surface area contributed by atoms with Crippen molar-refractivity contribution in [3.63, 3.8) is 0 Å². The molecule has 5 nitrogen and oxygen atoms in total. The lowest BCUT2D eigenvalue weighted by Gasteiger charge is -2.24. The molecule has 3 aromatic rings. The molecule has 1 atom stereocenters. The molecule has 2 heterocycles. The minimum atomic E-state index is -0.0258. The van der Waals surface area contributed by atoms with Crippen LogP contribution in [0.2, 0.25) is 0 Å². The average Bonchev–Trinajstić information content (AvgIpc) is 3.35. The summed E-state index contributed by atoms with van der Waals surface area (Å²) in [5.41, 5.74) is 3.71. The average molecular weight is 411 g/mol. The second-order valence-electron chi connectivity index (χ2n) is 7.43. The first kappa shape index (κ1) is 19.9. The highest BCUT2D eigenvalue weighted by molar-refractivity contribution is 7.22. The number of hydrogen-bond donors (Lipinski definition) is 0. The molecule has 1 amide bonds. The largest absolute Gasteiger partial charge is 0.494 e. The minimum absolute atomic E-state index is 0.0258. The molecule has 29 heavy (non-hydrogen) atoms. The van der Waals surface area contributed by atoms with E-state index in [1.54, 1.807) is 4.90 Å². The van der Waals surface area contributed by atoms with E-state index >= 15 is 0 Å². The van der Waals surface area contributed by atoms with Crippen LogP contribution < -0.4 is 9.64 Å². The van der Waals surface area contributed by atoms with Crippen molar-refractivity contribution in [1.29, 1.82) is 0 Å². The molecule has 1 unspecified atom stereocenters. The fourth-order valence-electron chi connectivity index (χ4n) is 3.70. The Labute approximate surface area is 175 Å². The zero-order valence-corrected chi connectivity index (χ0v) is 17.9. The highest BCUT2D eigenvalue weighted by Crippen LogP contribution is 2.33. The van der Waals surface area contributed by atoms with Crippen LogP contribution >= 0.6 is 11.3 Å². The quantitative estimate of drug-likeness (QED) is 0.565. The molecule has 0 saturated carbocycles. The summed E-state index contributed by atoms with van der Waals surface area (Å²) in [5, 5.41) is 0.703. The number of amides is 1. The zero-order valence-electron chi connectivity index (χ0n) is 17.1. The maximum absolute atomic E-state index is 13.5. The van der Waals surface area contributed by atoms with Crippen molar-refractivity contribution < 1.29 is 14.3 Å². The maximum atomic E-state index is 13.5. The molecular weight excluding hydrogens is 384 g/mol. The van der Waals surface area contributed by atoms with Crippen molar-refractivity contribution in [2.75, 3.05) is 24.7 Å². The fourth-order valence-corrected chi connectivity index (χ4v) is 4.71. The van der Waals surface area contributed by atoms with E-state index in [1.165, 1.54) is 11.3 Å². The van der Waals surface area contributed by atoms with Crippen LogP contribution in [0.3, 0.4) is 0 Å². The number of aryl methyl sites for hydroxylation is 2. The van der Waals surface area contributed by atoms with Crippen molar-refractivity contribution in [1.82, 2.24) is 4.98 Å². The number of rotatable bonds is 6. The summed E-state index contributed by atoms with van der Waals surface area (Å²) in [7, 11) is 0. The number of carbonyl (C=O) groups is 1. The van der Waals surface area contributed by atoms with Crippen LogP contribution in [0.15, 0.2) is 36.4 Å². The molecule has 1 aliphatic rings. The molecule has 2 aromatic carbocycles. The van der Waals surface area contributed by atoms with Crippen LogP contribution in [0.5, 0.6) is 5.75 Å². The van der Waals surface area contributed by atoms with E-state index in [0.717, 1.165) is 46.5 Å². The Bertz CT molecular complexity index is 1020. The highest BCUT2D eigenvalue weighted by Gasteiger charge is 2.27. The summed E-state index contributed by atoms with van der Waals surface area (Å²) in [6.07, 6.45) is 2.06. The predicted molar refractivity (Wildman–Crippen MR) is 117 cm³/mol. The van der Waals surface area contributed by atoms with Crippen molar-refractivity contribution in [2.45, 2.75) is 39.7 Å². The van der Waals surface area contributed by atoms with Crippen LogP contribution in [0.4, 0.5) is 5.13 Å². The molecule has 6 heteroatoms. The van der Waals surface area contributed by atoms with Gasteiger partial charge in [-0.15, -0.1) is 0 Å². The summed E-state index contributed by atoms with van der Waals surface area (Å²) >= 11 is 1.52. The number of carbonyl (C=O) groups excluding carboxylic acids is 1. The lowest BCUT2D eigenvalue weighted by molar-refractivity contribution is 0.0917. The third-order valence-corrected chi connectivity index (χ3v) is 6.20. The Morgan fingerprint density at radius 3 is 2.86 bits per heavy atom. The van der Waals surface area contributed by atoms with Gasteiger partial charge in [-0.25, -0.2) is 4.98 Å². The van der Waals surface area contributed by atoms with E-state index in [1.807, 2.05) is 57.2 Å². The van der Waals surface area contributed by atoms with Gasteiger partial charge in [0.2, 0.25) is 0 Å². The molecule has 1 fully saturated rings. The molecule has 0 aliphatic carbocycles. The summed E-state index contributed by atoms with van der Waals surface area (Å²) in [5.74, 6) is 0.795.